The van der Waals surface area contributed by atoms with E-state index in [-0.39, 0.29) is 11.5 Å². The molecule has 1 heterocycles. The standard InChI is InChI=1S/C13H20BrN3O3/c1-5-17-12(18)11(14)10(7-15-17)16-9(6-8(2)3)13(19)20-4/h7-9,16H,5-6H2,1-4H3. The molecule has 1 atom stereocenters. The van der Waals surface area contributed by atoms with E-state index in [9.17, 15) is 9.59 Å². The van der Waals surface area contributed by atoms with Gasteiger partial charge in [-0.3, -0.25) is 4.79 Å². The highest BCUT2D eigenvalue weighted by Crippen LogP contribution is 2.19. The molecule has 6 nitrogen and oxygen atoms in total. The van der Waals surface area contributed by atoms with Gasteiger partial charge in [-0.2, -0.15) is 5.10 Å². The number of halogens is 1. The fraction of sp³-hybridized carbons (Fsp3) is 0.615. The highest BCUT2D eigenvalue weighted by molar-refractivity contribution is 9.10. The van der Waals surface area contributed by atoms with Gasteiger partial charge in [0.1, 0.15) is 10.5 Å². The molecule has 20 heavy (non-hydrogen) atoms. The van der Waals surface area contributed by atoms with E-state index in [0.717, 1.165) is 0 Å². The van der Waals surface area contributed by atoms with Crippen molar-refractivity contribution in [1.29, 1.82) is 0 Å². The van der Waals surface area contributed by atoms with Gasteiger partial charge in [-0.1, -0.05) is 13.8 Å². The number of rotatable bonds is 6. The first-order chi connectivity index (χ1) is 9.40. The lowest BCUT2D eigenvalue weighted by atomic mass is 10.0. The molecule has 1 unspecified atom stereocenters. The van der Waals surface area contributed by atoms with Crippen LogP contribution in [0.15, 0.2) is 15.5 Å². The SMILES string of the molecule is CCn1ncc(NC(CC(C)C)C(=O)OC)c(Br)c1=O. The number of nitrogens with zero attached hydrogens (tertiary/aromatic N) is 2. The van der Waals surface area contributed by atoms with Crippen LogP contribution in [0.4, 0.5) is 5.69 Å². The number of ether oxygens (including phenoxy) is 1. The molecule has 0 aliphatic rings. The minimum absolute atomic E-state index is 0.231. The lowest BCUT2D eigenvalue weighted by Gasteiger charge is -2.20. The fourth-order valence-corrected chi connectivity index (χ4v) is 2.23. The Morgan fingerprint density at radius 2 is 2.20 bits per heavy atom. The van der Waals surface area contributed by atoms with Crippen LogP contribution in [0.5, 0.6) is 0 Å². The molecule has 0 aliphatic carbocycles. The lowest BCUT2D eigenvalue weighted by Crippen LogP contribution is -2.33. The van der Waals surface area contributed by atoms with Gasteiger partial charge in [0, 0.05) is 6.54 Å². The Labute approximate surface area is 126 Å². The van der Waals surface area contributed by atoms with Gasteiger partial charge in [-0.05, 0) is 35.2 Å². The summed E-state index contributed by atoms with van der Waals surface area (Å²) in [6.07, 6.45) is 2.14. The number of carbonyl (C=O) groups excluding carboxylic acids is 1. The summed E-state index contributed by atoms with van der Waals surface area (Å²) in [7, 11) is 1.35. The highest BCUT2D eigenvalue weighted by Gasteiger charge is 2.22. The van der Waals surface area contributed by atoms with E-state index in [1.54, 1.807) is 0 Å². The summed E-state index contributed by atoms with van der Waals surface area (Å²) >= 11 is 3.25. The van der Waals surface area contributed by atoms with Crippen molar-refractivity contribution in [2.45, 2.75) is 39.8 Å². The maximum absolute atomic E-state index is 12.0. The summed E-state index contributed by atoms with van der Waals surface area (Å²) in [5.41, 5.74) is 0.265. The molecule has 0 radical (unpaired) electrons. The quantitative estimate of drug-likeness (QED) is 0.798. The van der Waals surface area contributed by atoms with Gasteiger partial charge in [0.25, 0.3) is 5.56 Å². The molecule has 1 rings (SSSR count). The molecular formula is C13H20BrN3O3. The van der Waals surface area contributed by atoms with Crippen LogP contribution in [0.1, 0.15) is 27.2 Å². The molecule has 0 saturated heterocycles. The minimum Gasteiger partial charge on any atom is -0.467 e. The number of anilines is 1. The molecule has 0 spiro atoms. The molecule has 1 aromatic rings. The summed E-state index contributed by atoms with van der Waals surface area (Å²) < 4.78 is 6.49. The van der Waals surface area contributed by atoms with Crippen molar-refractivity contribution in [2.24, 2.45) is 5.92 Å². The Hall–Kier alpha value is -1.37. The Balaban J connectivity index is 3.02. The van der Waals surface area contributed by atoms with E-state index in [1.165, 1.54) is 18.0 Å². The normalized spacial score (nSPS) is 12.3. The smallest absolute Gasteiger partial charge is 0.328 e. The van der Waals surface area contributed by atoms with Gasteiger partial charge in [0.15, 0.2) is 0 Å². The molecular weight excluding hydrogens is 326 g/mol. The Kier molecular flexibility index (Phi) is 6.19. The number of hydrogen-bond acceptors (Lipinski definition) is 5. The van der Waals surface area contributed by atoms with Crippen molar-refractivity contribution in [3.63, 3.8) is 0 Å². The van der Waals surface area contributed by atoms with Crippen LogP contribution >= 0.6 is 15.9 Å². The van der Waals surface area contributed by atoms with Crippen LogP contribution in [-0.2, 0) is 16.1 Å². The van der Waals surface area contributed by atoms with E-state index in [0.29, 0.717) is 29.0 Å². The summed E-state index contributed by atoms with van der Waals surface area (Å²) in [6, 6.07) is -0.505. The third-order valence-corrected chi connectivity index (χ3v) is 3.57. The van der Waals surface area contributed by atoms with Crippen molar-refractivity contribution < 1.29 is 9.53 Å². The number of esters is 1. The predicted molar refractivity (Wildman–Crippen MR) is 80.8 cm³/mol. The van der Waals surface area contributed by atoms with Crippen molar-refractivity contribution >= 4 is 27.6 Å². The molecule has 1 N–H and O–H groups in total. The third kappa shape index (κ3) is 4.06. The van der Waals surface area contributed by atoms with Crippen molar-refractivity contribution in [3.05, 3.63) is 21.0 Å². The van der Waals surface area contributed by atoms with Crippen LogP contribution in [-0.4, -0.2) is 28.9 Å². The Morgan fingerprint density at radius 1 is 1.55 bits per heavy atom. The zero-order chi connectivity index (χ0) is 15.3. The first kappa shape index (κ1) is 16.7. The second kappa shape index (κ2) is 7.42. The molecule has 0 aromatic carbocycles. The second-order valence-corrected chi connectivity index (χ2v) is 5.64. The monoisotopic (exact) mass is 345 g/mol. The van der Waals surface area contributed by atoms with Crippen molar-refractivity contribution in [2.75, 3.05) is 12.4 Å². The average molecular weight is 346 g/mol. The first-order valence-electron chi connectivity index (χ1n) is 6.50. The Morgan fingerprint density at radius 3 is 2.70 bits per heavy atom. The van der Waals surface area contributed by atoms with Crippen molar-refractivity contribution in [1.82, 2.24) is 9.78 Å². The number of aromatic nitrogens is 2. The second-order valence-electron chi connectivity index (χ2n) is 4.84. The first-order valence-corrected chi connectivity index (χ1v) is 7.29. The number of nitrogens with one attached hydrogen (secondary N) is 1. The highest BCUT2D eigenvalue weighted by atomic mass is 79.9. The van der Waals surface area contributed by atoms with Gasteiger partial charge in [-0.25, -0.2) is 9.48 Å². The van der Waals surface area contributed by atoms with Crippen molar-refractivity contribution in [3.8, 4) is 0 Å². The van der Waals surface area contributed by atoms with E-state index in [1.807, 2.05) is 20.8 Å². The molecule has 1 aromatic heterocycles. The van der Waals surface area contributed by atoms with Crippen LogP contribution in [0.3, 0.4) is 0 Å². The summed E-state index contributed by atoms with van der Waals surface area (Å²) in [6.45, 7) is 6.36. The summed E-state index contributed by atoms with van der Waals surface area (Å²) in [5, 5.41) is 7.06. The number of aryl methyl sites for hydroxylation is 1. The number of carbonyl (C=O) groups is 1. The molecule has 0 bridgehead atoms. The largest absolute Gasteiger partial charge is 0.467 e. The van der Waals surface area contributed by atoms with Crippen LogP contribution in [0.25, 0.3) is 0 Å². The molecule has 0 aliphatic heterocycles. The van der Waals surface area contributed by atoms with E-state index < -0.39 is 6.04 Å². The van der Waals surface area contributed by atoms with Crippen LogP contribution < -0.4 is 10.9 Å². The Bertz CT molecular complexity index is 528. The van der Waals surface area contributed by atoms with Gasteiger partial charge in [-0.15, -0.1) is 0 Å². The van der Waals surface area contributed by atoms with Crippen LogP contribution in [0, 0.1) is 5.92 Å². The summed E-state index contributed by atoms with van der Waals surface area (Å²) in [5.74, 6) is -0.0420. The zero-order valence-electron chi connectivity index (χ0n) is 12.1. The minimum atomic E-state index is -0.505. The average Bonchev–Trinajstić information content (AvgIpc) is 2.41. The maximum atomic E-state index is 12.0. The molecule has 0 saturated carbocycles. The predicted octanol–water partition coefficient (Wildman–Crippen LogP) is 2.03. The van der Waals surface area contributed by atoms with Gasteiger partial charge < -0.3 is 10.1 Å². The molecule has 112 valence electrons. The third-order valence-electron chi connectivity index (χ3n) is 2.81. The number of hydrogen-bond donors (Lipinski definition) is 1. The van der Waals surface area contributed by atoms with E-state index in [2.05, 4.69) is 26.3 Å². The van der Waals surface area contributed by atoms with Gasteiger partial charge in [0.2, 0.25) is 0 Å². The fourth-order valence-electron chi connectivity index (χ4n) is 1.81. The van der Waals surface area contributed by atoms with E-state index in [4.69, 9.17) is 4.74 Å². The topological polar surface area (TPSA) is 73.2 Å². The lowest BCUT2D eigenvalue weighted by molar-refractivity contribution is -0.141. The summed E-state index contributed by atoms with van der Waals surface area (Å²) in [4.78, 5) is 23.7. The molecule has 7 heteroatoms. The zero-order valence-corrected chi connectivity index (χ0v) is 13.7. The molecule has 0 amide bonds. The molecule has 0 fully saturated rings. The van der Waals surface area contributed by atoms with E-state index >= 15 is 0 Å². The number of methoxy groups -OCH3 is 1. The van der Waals surface area contributed by atoms with Gasteiger partial charge in [0.05, 0.1) is 19.0 Å². The maximum Gasteiger partial charge on any atom is 0.328 e. The van der Waals surface area contributed by atoms with Gasteiger partial charge >= 0.3 is 5.97 Å². The van der Waals surface area contributed by atoms with Crippen LogP contribution in [0.2, 0.25) is 0 Å².